The topological polar surface area (TPSA) is 59.4 Å². The lowest BCUT2D eigenvalue weighted by Crippen LogP contribution is -2.01. The van der Waals surface area contributed by atoms with Crippen molar-refractivity contribution >= 4 is 29.3 Å². The van der Waals surface area contributed by atoms with Gasteiger partial charge in [0.05, 0.1) is 12.1 Å². The molecule has 20 heavy (non-hydrogen) atoms. The van der Waals surface area contributed by atoms with Crippen LogP contribution in [0.15, 0.2) is 41.6 Å². The van der Waals surface area contributed by atoms with E-state index in [0.717, 1.165) is 10.6 Å². The molecule has 1 heterocycles. The molecule has 2 aromatic rings. The molecule has 0 aliphatic carbocycles. The Kier molecular flexibility index (Phi) is 4.87. The normalized spacial score (nSPS) is 10.3. The Labute approximate surface area is 125 Å². The van der Waals surface area contributed by atoms with Crippen molar-refractivity contribution in [3.63, 3.8) is 0 Å². The number of carboxylic acids is 1. The lowest BCUT2D eigenvalue weighted by molar-refractivity contribution is 0.0693. The summed E-state index contributed by atoms with van der Waals surface area (Å²) in [5.41, 5.74) is 1.02. The van der Waals surface area contributed by atoms with Crippen LogP contribution in [0.5, 0.6) is 5.75 Å². The van der Waals surface area contributed by atoms with E-state index < -0.39 is 5.97 Å². The van der Waals surface area contributed by atoms with Gasteiger partial charge in [-0.15, -0.1) is 11.8 Å². The van der Waals surface area contributed by atoms with Crippen LogP contribution >= 0.6 is 23.4 Å². The summed E-state index contributed by atoms with van der Waals surface area (Å²) in [4.78, 5) is 15.3. The van der Waals surface area contributed by atoms with E-state index in [-0.39, 0.29) is 5.56 Å². The number of aromatic nitrogens is 1. The Balaban J connectivity index is 2.16. The van der Waals surface area contributed by atoms with Crippen LogP contribution in [0.1, 0.15) is 15.9 Å². The number of pyridine rings is 1. The van der Waals surface area contributed by atoms with E-state index in [1.54, 1.807) is 30.5 Å². The third-order valence-corrected chi connectivity index (χ3v) is 4.09. The van der Waals surface area contributed by atoms with E-state index in [0.29, 0.717) is 16.5 Å². The van der Waals surface area contributed by atoms with Gasteiger partial charge in [-0.1, -0.05) is 17.7 Å². The highest BCUT2D eigenvalue weighted by atomic mass is 35.5. The molecule has 1 N–H and O–H groups in total. The summed E-state index contributed by atoms with van der Waals surface area (Å²) >= 11 is 7.48. The molecule has 1 aromatic heterocycles. The average Bonchev–Trinajstić information content (AvgIpc) is 2.46. The molecular formula is C14H12ClNO3S. The fourth-order valence-corrected chi connectivity index (χ4v) is 2.75. The zero-order valence-electron chi connectivity index (χ0n) is 10.7. The number of aromatic carboxylic acids is 1. The van der Waals surface area contributed by atoms with E-state index >= 15 is 0 Å². The Hall–Kier alpha value is -1.72. The van der Waals surface area contributed by atoms with Gasteiger partial charge >= 0.3 is 5.97 Å². The zero-order valence-corrected chi connectivity index (χ0v) is 12.2. The van der Waals surface area contributed by atoms with Crippen molar-refractivity contribution in [2.24, 2.45) is 0 Å². The summed E-state index contributed by atoms with van der Waals surface area (Å²) in [5, 5.41) is 10.4. The molecule has 0 aliphatic heterocycles. The number of thioether (sulfide) groups is 1. The fourth-order valence-electron chi connectivity index (χ4n) is 1.64. The number of rotatable bonds is 5. The van der Waals surface area contributed by atoms with Crippen LogP contribution in [0.4, 0.5) is 0 Å². The first-order chi connectivity index (χ1) is 9.61. The predicted octanol–water partition coefficient (Wildman–Crippen LogP) is 3.73. The van der Waals surface area contributed by atoms with E-state index in [9.17, 15) is 4.79 Å². The second-order valence-electron chi connectivity index (χ2n) is 3.92. The van der Waals surface area contributed by atoms with Crippen molar-refractivity contribution < 1.29 is 14.6 Å². The lowest BCUT2D eigenvalue weighted by atomic mass is 10.1. The second kappa shape index (κ2) is 6.63. The number of hydrogen-bond donors (Lipinski definition) is 1. The van der Waals surface area contributed by atoms with E-state index in [4.69, 9.17) is 21.4 Å². The molecule has 0 spiro atoms. The van der Waals surface area contributed by atoms with Gasteiger partial charge in [0.2, 0.25) is 0 Å². The highest BCUT2D eigenvalue weighted by Gasteiger charge is 2.12. The minimum atomic E-state index is -1.01. The van der Waals surface area contributed by atoms with Gasteiger partial charge in [0.1, 0.15) is 16.3 Å². The number of carbonyl (C=O) groups is 1. The Bertz CT molecular complexity index is 634. The maximum Gasteiger partial charge on any atom is 0.339 e. The Morgan fingerprint density at radius 1 is 1.45 bits per heavy atom. The zero-order chi connectivity index (χ0) is 14.5. The van der Waals surface area contributed by atoms with Crippen LogP contribution in [0.2, 0.25) is 5.02 Å². The molecule has 2 rings (SSSR count). The molecular weight excluding hydrogens is 298 g/mol. The SMILES string of the molecule is COc1ccc(CSc2ncccc2Cl)cc1C(=O)O. The molecule has 0 fully saturated rings. The Morgan fingerprint density at radius 2 is 2.25 bits per heavy atom. The van der Waals surface area contributed by atoms with Gasteiger partial charge in [0.15, 0.2) is 0 Å². The molecule has 0 unspecified atom stereocenters. The van der Waals surface area contributed by atoms with Gasteiger partial charge in [0.25, 0.3) is 0 Å². The van der Waals surface area contributed by atoms with Gasteiger partial charge in [-0.05, 0) is 29.8 Å². The molecule has 0 atom stereocenters. The summed E-state index contributed by atoms with van der Waals surface area (Å²) in [6.07, 6.45) is 1.67. The van der Waals surface area contributed by atoms with E-state index in [1.807, 2.05) is 6.07 Å². The largest absolute Gasteiger partial charge is 0.496 e. The maximum atomic E-state index is 11.1. The number of benzene rings is 1. The number of hydrogen-bond acceptors (Lipinski definition) is 4. The highest BCUT2D eigenvalue weighted by Crippen LogP contribution is 2.29. The van der Waals surface area contributed by atoms with Crippen molar-refractivity contribution in [3.05, 3.63) is 52.7 Å². The van der Waals surface area contributed by atoms with Crippen LogP contribution < -0.4 is 4.74 Å². The lowest BCUT2D eigenvalue weighted by Gasteiger charge is -2.08. The predicted molar refractivity (Wildman–Crippen MR) is 78.8 cm³/mol. The van der Waals surface area contributed by atoms with Crippen molar-refractivity contribution in [3.8, 4) is 5.75 Å². The van der Waals surface area contributed by atoms with Gasteiger partial charge in [-0.25, -0.2) is 9.78 Å². The molecule has 0 bridgehead atoms. The summed E-state index contributed by atoms with van der Waals surface area (Å²) in [6, 6.07) is 8.62. The number of carboxylic acid groups (broad SMARTS) is 1. The first-order valence-electron chi connectivity index (χ1n) is 5.75. The van der Waals surface area contributed by atoms with Crippen LogP contribution in [-0.2, 0) is 5.75 Å². The van der Waals surface area contributed by atoms with E-state index in [2.05, 4.69) is 4.98 Å². The Morgan fingerprint density at radius 3 is 2.90 bits per heavy atom. The second-order valence-corrected chi connectivity index (χ2v) is 5.29. The van der Waals surface area contributed by atoms with Gasteiger partial charge in [-0.3, -0.25) is 0 Å². The third-order valence-electron chi connectivity index (χ3n) is 2.59. The van der Waals surface area contributed by atoms with E-state index in [1.165, 1.54) is 18.9 Å². The first kappa shape index (κ1) is 14.7. The molecule has 0 saturated heterocycles. The average molecular weight is 310 g/mol. The van der Waals surface area contributed by atoms with Crippen LogP contribution in [-0.4, -0.2) is 23.2 Å². The van der Waals surface area contributed by atoms with Crippen LogP contribution in [0.25, 0.3) is 0 Å². The van der Waals surface area contributed by atoms with Gasteiger partial charge in [-0.2, -0.15) is 0 Å². The molecule has 0 saturated carbocycles. The fraction of sp³-hybridized carbons (Fsp3) is 0.143. The maximum absolute atomic E-state index is 11.1. The van der Waals surface area contributed by atoms with Gasteiger partial charge < -0.3 is 9.84 Å². The molecule has 0 amide bonds. The smallest absolute Gasteiger partial charge is 0.339 e. The van der Waals surface area contributed by atoms with Crippen LogP contribution in [0, 0.1) is 0 Å². The quantitative estimate of drug-likeness (QED) is 0.853. The van der Waals surface area contributed by atoms with Crippen molar-refractivity contribution in [2.45, 2.75) is 10.8 Å². The number of ether oxygens (including phenoxy) is 1. The standard InChI is InChI=1S/C14H12ClNO3S/c1-19-12-5-4-9(7-10(12)14(17)18)8-20-13-11(15)3-2-6-16-13/h2-7H,8H2,1H3,(H,17,18). The summed E-state index contributed by atoms with van der Waals surface area (Å²) in [5.74, 6) is -0.0761. The molecule has 4 nitrogen and oxygen atoms in total. The monoisotopic (exact) mass is 309 g/mol. The molecule has 104 valence electrons. The number of halogens is 1. The third kappa shape index (κ3) is 3.43. The summed E-state index contributed by atoms with van der Waals surface area (Å²) in [6.45, 7) is 0. The molecule has 6 heteroatoms. The van der Waals surface area contributed by atoms with Crippen molar-refractivity contribution in [1.82, 2.24) is 4.98 Å². The first-order valence-corrected chi connectivity index (χ1v) is 7.11. The highest BCUT2D eigenvalue weighted by molar-refractivity contribution is 7.98. The minimum absolute atomic E-state index is 0.151. The summed E-state index contributed by atoms with van der Waals surface area (Å²) in [7, 11) is 1.45. The van der Waals surface area contributed by atoms with Crippen LogP contribution in [0.3, 0.4) is 0 Å². The van der Waals surface area contributed by atoms with Gasteiger partial charge in [0, 0.05) is 11.9 Å². The molecule has 0 radical (unpaired) electrons. The number of methoxy groups -OCH3 is 1. The molecule has 0 aliphatic rings. The van der Waals surface area contributed by atoms with Crippen molar-refractivity contribution in [1.29, 1.82) is 0 Å². The van der Waals surface area contributed by atoms with Crippen molar-refractivity contribution in [2.75, 3.05) is 7.11 Å². The summed E-state index contributed by atoms with van der Waals surface area (Å²) < 4.78 is 5.02. The molecule has 1 aromatic carbocycles. The number of nitrogens with zero attached hydrogens (tertiary/aromatic N) is 1. The minimum Gasteiger partial charge on any atom is -0.496 e.